The summed E-state index contributed by atoms with van der Waals surface area (Å²) < 4.78 is 0. The monoisotopic (exact) mass is 173 g/mol. The minimum Gasteiger partial charge on any atom is -0.481 e. The van der Waals surface area contributed by atoms with E-state index in [1.807, 2.05) is 6.92 Å². The Kier molecular flexibility index (Phi) is 5.72. The van der Waals surface area contributed by atoms with Crippen molar-refractivity contribution in [3.8, 4) is 0 Å². The number of hydrogen-bond acceptors (Lipinski definition) is 2. The number of hydrogen-bond donors (Lipinski definition) is 2. The van der Waals surface area contributed by atoms with Crippen LogP contribution in [0.15, 0.2) is 0 Å². The van der Waals surface area contributed by atoms with Gasteiger partial charge in [-0.05, 0) is 18.9 Å². The van der Waals surface area contributed by atoms with E-state index in [1.54, 1.807) is 0 Å². The van der Waals surface area contributed by atoms with Crippen LogP contribution in [0.5, 0.6) is 0 Å². The second kappa shape index (κ2) is 6.00. The van der Waals surface area contributed by atoms with Crippen molar-refractivity contribution in [1.29, 1.82) is 0 Å². The van der Waals surface area contributed by atoms with Gasteiger partial charge < -0.3 is 10.4 Å². The van der Waals surface area contributed by atoms with Crippen LogP contribution in [0.1, 0.15) is 33.6 Å². The largest absolute Gasteiger partial charge is 0.481 e. The zero-order valence-corrected chi connectivity index (χ0v) is 8.13. The van der Waals surface area contributed by atoms with E-state index in [0.717, 1.165) is 13.0 Å². The van der Waals surface area contributed by atoms with Crippen LogP contribution in [0.3, 0.4) is 0 Å². The molecule has 0 aliphatic rings. The Balaban J connectivity index is 3.77. The molecule has 0 aromatic carbocycles. The first-order chi connectivity index (χ1) is 5.56. The number of aliphatic carboxylic acids is 1. The molecule has 1 unspecified atom stereocenters. The summed E-state index contributed by atoms with van der Waals surface area (Å²) in [4.78, 5) is 10.4. The summed E-state index contributed by atoms with van der Waals surface area (Å²) in [6.45, 7) is 7.04. The third kappa shape index (κ3) is 6.16. The second-order valence-corrected chi connectivity index (χ2v) is 3.48. The van der Waals surface area contributed by atoms with Crippen molar-refractivity contribution < 1.29 is 9.90 Å². The minimum atomic E-state index is -0.721. The first kappa shape index (κ1) is 11.4. The van der Waals surface area contributed by atoms with Gasteiger partial charge in [-0.1, -0.05) is 20.8 Å². The normalized spacial score (nSPS) is 13.3. The van der Waals surface area contributed by atoms with Crippen molar-refractivity contribution in [3.63, 3.8) is 0 Å². The Morgan fingerprint density at radius 2 is 2.08 bits per heavy atom. The number of nitrogens with one attached hydrogen (secondary N) is 1. The van der Waals surface area contributed by atoms with Crippen LogP contribution < -0.4 is 5.32 Å². The van der Waals surface area contributed by atoms with Crippen LogP contribution in [0.4, 0.5) is 0 Å². The molecule has 0 amide bonds. The van der Waals surface area contributed by atoms with E-state index in [0.29, 0.717) is 5.92 Å². The fourth-order valence-electron chi connectivity index (χ4n) is 1.31. The lowest BCUT2D eigenvalue weighted by Crippen LogP contribution is -2.32. The third-order valence-electron chi connectivity index (χ3n) is 1.67. The average Bonchev–Trinajstić information content (AvgIpc) is 1.84. The van der Waals surface area contributed by atoms with Gasteiger partial charge in [-0.15, -0.1) is 0 Å². The van der Waals surface area contributed by atoms with Gasteiger partial charge in [-0.3, -0.25) is 4.79 Å². The fourth-order valence-corrected chi connectivity index (χ4v) is 1.31. The zero-order valence-electron chi connectivity index (χ0n) is 8.13. The molecule has 72 valence electrons. The lowest BCUT2D eigenvalue weighted by molar-refractivity contribution is -0.137. The van der Waals surface area contributed by atoms with Gasteiger partial charge in [-0.2, -0.15) is 0 Å². The number of carboxylic acid groups (broad SMARTS) is 1. The van der Waals surface area contributed by atoms with Gasteiger partial charge in [0, 0.05) is 6.04 Å². The van der Waals surface area contributed by atoms with Crippen LogP contribution >= 0.6 is 0 Å². The minimum absolute atomic E-state index is 0.132. The van der Waals surface area contributed by atoms with Gasteiger partial charge in [-0.25, -0.2) is 0 Å². The van der Waals surface area contributed by atoms with Crippen LogP contribution in [0.25, 0.3) is 0 Å². The second-order valence-electron chi connectivity index (χ2n) is 3.48. The summed E-state index contributed by atoms with van der Waals surface area (Å²) in [6.07, 6.45) is 1.16. The molecule has 0 radical (unpaired) electrons. The number of carbonyl (C=O) groups is 1. The molecule has 0 aromatic rings. The highest BCUT2D eigenvalue weighted by atomic mass is 16.4. The smallest absolute Gasteiger partial charge is 0.304 e. The third-order valence-corrected chi connectivity index (χ3v) is 1.67. The van der Waals surface area contributed by atoms with Crippen molar-refractivity contribution in [3.05, 3.63) is 0 Å². The summed E-state index contributed by atoms with van der Waals surface area (Å²) in [6, 6.07) is 0.132. The van der Waals surface area contributed by atoms with Gasteiger partial charge in [0.05, 0.1) is 6.42 Å². The SMILES string of the molecule is CCNC(CC(=O)O)CC(C)C. The lowest BCUT2D eigenvalue weighted by atomic mass is 10.0. The van der Waals surface area contributed by atoms with Gasteiger partial charge in [0.25, 0.3) is 0 Å². The molecule has 3 nitrogen and oxygen atoms in total. The highest BCUT2D eigenvalue weighted by Gasteiger charge is 2.12. The van der Waals surface area contributed by atoms with Crippen molar-refractivity contribution in [1.82, 2.24) is 5.32 Å². The maximum absolute atomic E-state index is 10.4. The summed E-state index contributed by atoms with van der Waals surface area (Å²) in [5, 5.41) is 11.7. The molecule has 12 heavy (non-hydrogen) atoms. The Morgan fingerprint density at radius 3 is 2.42 bits per heavy atom. The molecule has 0 spiro atoms. The van der Waals surface area contributed by atoms with E-state index in [-0.39, 0.29) is 12.5 Å². The Labute approximate surface area is 74.2 Å². The molecule has 0 aliphatic heterocycles. The van der Waals surface area contributed by atoms with E-state index in [1.165, 1.54) is 0 Å². The summed E-state index contributed by atoms with van der Waals surface area (Å²) in [5.74, 6) is -0.171. The molecule has 1 atom stereocenters. The molecule has 2 N–H and O–H groups in total. The van der Waals surface area contributed by atoms with E-state index < -0.39 is 5.97 Å². The van der Waals surface area contributed by atoms with Crippen LogP contribution in [-0.4, -0.2) is 23.7 Å². The maximum Gasteiger partial charge on any atom is 0.304 e. The molecule has 3 heteroatoms. The van der Waals surface area contributed by atoms with Gasteiger partial charge in [0.15, 0.2) is 0 Å². The van der Waals surface area contributed by atoms with E-state index in [4.69, 9.17) is 5.11 Å². The number of rotatable bonds is 6. The summed E-state index contributed by atoms with van der Waals surface area (Å²) in [5.41, 5.74) is 0. The molecule has 0 rings (SSSR count). The van der Waals surface area contributed by atoms with E-state index >= 15 is 0 Å². The van der Waals surface area contributed by atoms with Crippen molar-refractivity contribution in [2.45, 2.75) is 39.7 Å². The molecular weight excluding hydrogens is 154 g/mol. The first-order valence-corrected chi connectivity index (χ1v) is 4.51. The van der Waals surface area contributed by atoms with Crippen LogP contribution in [0, 0.1) is 5.92 Å². The molecule has 0 bridgehead atoms. The van der Waals surface area contributed by atoms with Crippen molar-refractivity contribution in [2.75, 3.05) is 6.54 Å². The molecule has 0 heterocycles. The average molecular weight is 173 g/mol. The van der Waals surface area contributed by atoms with Gasteiger partial charge >= 0.3 is 5.97 Å². The predicted molar refractivity (Wildman–Crippen MR) is 49.2 cm³/mol. The highest BCUT2D eigenvalue weighted by molar-refractivity contribution is 5.67. The lowest BCUT2D eigenvalue weighted by Gasteiger charge is -2.17. The maximum atomic E-state index is 10.4. The topological polar surface area (TPSA) is 49.3 Å². The zero-order chi connectivity index (χ0) is 9.56. The van der Waals surface area contributed by atoms with Crippen LogP contribution in [0.2, 0.25) is 0 Å². The summed E-state index contributed by atoms with van der Waals surface area (Å²) >= 11 is 0. The van der Waals surface area contributed by atoms with Crippen molar-refractivity contribution in [2.24, 2.45) is 5.92 Å². The highest BCUT2D eigenvalue weighted by Crippen LogP contribution is 2.07. The standard InChI is InChI=1S/C9H19NO2/c1-4-10-8(5-7(2)3)6-9(11)12/h7-8,10H,4-6H2,1-3H3,(H,11,12). The van der Waals surface area contributed by atoms with Gasteiger partial charge in [0.2, 0.25) is 0 Å². The molecule has 0 saturated heterocycles. The first-order valence-electron chi connectivity index (χ1n) is 4.51. The number of carboxylic acids is 1. The summed E-state index contributed by atoms with van der Waals surface area (Å²) in [7, 11) is 0. The Morgan fingerprint density at radius 1 is 1.50 bits per heavy atom. The van der Waals surface area contributed by atoms with Gasteiger partial charge in [0.1, 0.15) is 0 Å². The van der Waals surface area contributed by atoms with E-state index in [2.05, 4.69) is 19.2 Å². The molecule has 0 saturated carbocycles. The molecule has 0 aromatic heterocycles. The predicted octanol–water partition coefficient (Wildman–Crippen LogP) is 1.49. The van der Waals surface area contributed by atoms with Crippen molar-refractivity contribution >= 4 is 5.97 Å². The van der Waals surface area contributed by atoms with Crippen LogP contribution in [-0.2, 0) is 4.79 Å². The molecular formula is C9H19NO2. The molecule has 0 fully saturated rings. The fraction of sp³-hybridized carbons (Fsp3) is 0.889. The van der Waals surface area contributed by atoms with E-state index in [9.17, 15) is 4.79 Å². The Hall–Kier alpha value is -0.570. The quantitative estimate of drug-likeness (QED) is 0.639. The Bertz CT molecular complexity index is 134. The molecule has 0 aliphatic carbocycles.